The van der Waals surface area contributed by atoms with Gasteiger partial charge in [-0.25, -0.2) is 0 Å². The molecule has 0 radical (unpaired) electrons. The minimum absolute atomic E-state index is 0.0687. The van der Waals surface area contributed by atoms with Crippen LogP contribution in [-0.4, -0.2) is 65.4 Å². The van der Waals surface area contributed by atoms with Gasteiger partial charge in [0.25, 0.3) is 0 Å². The fourth-order valence-electron chi connectivity index (χ4n) is 1.96. The molecule has 6 heteroatoms. The molecule has 1 fully saturated rings. The third-order valence-corrected chi connectivity index (χ3v) is 6.09. The summed E-state index contributed by atoms with van der Waals surface area (Å²) in [7, 11) is 3.25. The number of thioether (sulfide) groups is 2. The molecule has 4 nitrogen and oxygen atoms in total. The van der Waals surface area contributed by atoms with E-state index in [1.54, 1.807) is 14.2 Å². The molecule has 3 atom stereocenters. The zero-order valence-corrected chi connectivity index (χ0v) is 12.7. The Labute approximate surface area is 118 Å². The second-order valence-corrected chi connectivity index (χ2v) is 7.30. The van der Waals surface area contributed by atoms with Gasteiger partial charge in [-0.3, -0.25) is 0 Å². The Bertz CT molecular complexity index is 212. The highest BCUT2D eigenvalue weighted by molar-refractivity contribution is 8.17. The third-order valence-electron chi connectivity index (χ3n) is 3.10. The average Bonchev–Trinajstić information content (AvgIpc) is 2.43. The minimum atomic E-state index is -0.834. The van der Waals surface area contributed by atoms with Gasteiger partial charge in [0.15, 0.2) is 0 Å². The van der Waals surface area contributed by atoms with E-state index in [0.717, 1.165) is 6.42 Å². The normalized spacial score (nSPS) is 22.7. The van der Waals surface area contributed by atoms with Crippen LogP contribution in [0.1, 0.15) is 19.3 Å². The van der Waals surface area contributed by atoms with Crippen molar-refractivity contribution >= 4 is 23.5 Å². The third kappa shape index (κ3) is 5.67. The quantitative estimate of drug-likeness (QED) is 0.705. The first-order valence-corrected chi connectivity index (χ1v) is 8.38. The molecule has 1 heterocycles. The van der Waals surface area contributed by atoms with Gasteiger partial charge in [0, 0.05) is 20.6 Å². The van der Waals surface area contributed by atoms with Crippen molar-refractivity contribution in [2.24, 2.45) is 0 Å². The number of ether oxygens (including phenoxy) is 2. The second kappa shape index (κ2) is 9.44. The topological polar surface area (TPSA) is 58.9 Å². The molecule has 1 rings (SSSR count). The summed E-state index contributed by atoms with van der Waals surface area (Å²) in [5, 5.41) is 18.6. The zero-order chi connectivity index (χ0) is 13.4. The lowest BCUT2D eigenvalue weighted by molar-refractivity contribution is -0.0637. The van der Waals surface area contributed by atoms with Crippen LogP contribution in [0.3, 0.4) is 0 Å². The Kier molecular flexibility index (Phi) is 8.71. The van der Waals surface area contributed by atoms with E-state index in [-0.39, 0.29) is 18.8 Å². The molecule has 0 saturated carbocycles. The highest BCUT2D eigenvalue weighted by Crippen LogP contribution is 2.34. The maximum Gasteiger partial charge on any atom is 0.103 e. The molecule has 0 aromatic rings. The van der Waals surface area contributed by atoms with Gasteiger partial charge in [-0.1, -0.05) is 0 Å². The first-order chi connectivity index (χ1) is 8.71. The van der Waals surface area contributed by atoms with E-state index >= 15 is 0 Å². The van der Waals surface area contributed by atoms with E-state index in [4.69, 9.17) is 14.6 Å². The lowest BCUT2D eigenvalue weighted by atomic mass is 10.1. The molecule has 18 heavy (non-hydrogen) atoms. The van der Waals surface area contributed by atoms with Gasteiger partial charge >= 0.3 is 0 Å². The van der Waals surface area contributed by atoms with Crippen LogP contribution < -0.4 is 0 Å². The SMILES string of the molecule is CO[C@H](CC1SCCCS1)C[C@H](OC)[C@@H](O)CO. The molecule has 1 aliphatic rings. The maximum absolute atomic E-state index is 9.63. The predicted octanol–water partition coefficient (Wildman–Crippen LogP) is 1.35. The standard InChI is InChI=1S/C12H24O4S2/c1-15-9(6-11(16-2)10(14)8-13)7-12-17-4-3-5-18-12/h9-14H,3-8H2,1-2H3/t9-,10-,11-/m0/s1. The van der Waals surface area contributed by atoms with Gasteiger partial charge in [-0.2, -0.15) is 0 Å². The molecule has 0 spiro atoms. The second-order valence-electron chi connectivity index (χ2n) is 4.38. The Hall–Kier alpha value is 0.540. The molecule has 1 saturated heterocycles. The van der Waals surface area contributed by atoms with Crippen LogP contribution in [0.5, 0.6) is 0 Å². The summed E-state index contributed by atoms with van der Waals surface area (Å²) in [6.07, 6.45) is 1.74. The molecule has 2 N–H and O–H groups in total. The number of aliphatic hydroxyl groups is 2. The van der Waals surface area contributed by atoms with Crippen LogP contribution in [0.25, 0.3) is 0 Å². The van der Waals surface area contributed by atoms with Crippen molar-refractivity contribution in [3.63, 3.8) is 0 Å². The van der Waals surface area contributed by atoms with Crippen molar-refractivity contribution in [2.75, 3.05) is 32.3 Å². The van der Waals surface area contributed by atoms with Crippen LogP contribution >= 0.6 is 23.5 Å². The molecule has 0 aromatic carbocycles. The van der Waals surface area contributed by atoms with Gasteiger partial charge in [-0.15, -0.1) is 23.5 Å². The Morgan fingerprint density at radius 1 is 1.22 bits per heavy atom. The molecule has 0 unspecified atom stereocenters. The van der Waals surface area contributed by atoms with Crippen molar-refractivity contribution in [3.8, 4) is 0 Å². The number of methoxy groups -OCH3 is 2. The lowest BCUT2D eigenvalue weighted by Crippen LogP contribution is -2.35. The monoisotopic (exact) mass is 296 g/mol. The van der Waals surface area contributed by atoms with Crippen LogP contribution in [0.15, 0.2) is 0 Å². The summed E-state index contributed by atoms with van der Waals surface area (Å²) in [4.78, 5) is 0. The number of hydrogen-bond acceptors (Lipinski definition) is 6. The summed E-state index contributed by atoms with van der Waals surface area (Å²) in [6.45, 7) is -0.276. The maximum atomic E-state index is 9.63. The van der Waals surface area contributed by atoms with Gasteiger partial charge < -0.3 is 19.7 Å². The van der Waals surface area contributed by atoms with Crippen molar-refractivity contribution < 1.29 is 19.7 Å². The van der Waals surface area contributed by atoms with E-state index < -0.39 is 6.10 Å². The molecular weight excluding hydrogens is 272 g/mol. The van der Waals surface area contributed by atoms with Gasteiger partial charge in [0.1, 0.15) is 6.10 Å². The highest BCUT2D eigenvalue weighted by Gasteiger charge is 2.26. The first kappa shape index (κ1) is 16.6. The average molecular weight is 296 g/mol. The van der Waals surface area contributed by atoms with Crippen LogP contribution in [0, 0.1) is 0 Å². The molecular formula is C12H24O4S2. The van der Waals surface area contributed by atoms with Gasteiger partial charge in [0.05, 0.1) is 23.4 Å². The lowest BCUT2D eigenvalue weighted by Gasteiger charge is -2.28. The molecule has 0 bridgehead atoms. The minimum Gasteiger partial charge on any atom is -0.394 e. The number of aliphatic hydroxyl groups excluding tert-OH is 2. The van der Waals surface area contributed by atoms with E-state index in [0.29, 0.717) is 11.0 Å². The van der Waals surface area contributed by atoms with Crippen molar-refractivity contribution in [1.29, 1.82) is 0 Å². The Morgan fingerprint density at radius 3 is 2.39 bits per heavy atom. The first-order valence-electron chi connectivity index (χ1n) is 6.29. The van der Waals surface area contributed by atoms with Crippen molar-refractivity contribution in [2.45, 2.75) is 42.2 Å². The summed E-state index contributed by atoms with van der Waals surface area (Å²) in [6, 6.07) is 0. The summed E-state index contributed by atoms with van der Waals surface area (Å²) in [5.41, 5.74) is 0. The largest absolute Gasteiger partial charge is 0.394 e. The van der Waals surface area contributed by atoms with Crippen molar-refractivity contribution in [3.05, 3.63) is 0 Å². The fraction of sp³-hybridized carbons (Fsp3) is 1.00. The molecule has 1 aliphatic heterocycles. The number of rotatable bonds is 8. The van der Waals surface area contributed by atoms with Crippen LogP contribution in [-0.2, 0) is 9.47 Å². The Balaban J connectivity index is 2.39. The molecule has 0 aliphatic carbocycles. The van der Waals surface area contributed by atoms with Crippen LogP contribution in [0.4, 0.5) is 0 Å². The van der Waals surface area contributed by atoms with Crippen molar-refractivity contribution in [1.82, 2.24) is 0 Å². The van der Waals surface area contributed by atoms with E-state index in [9.17, 15) is 5.11 Å². The van der Waals surface area contributed by atoms with E-state index in [1.165, 1.54) is 17.9 Å². The smallest absolute Gasteiger partial charge is 0.103 e. The Morgan fingerprint density at radius 2 is 1.89 bits per heavy atom. The predicted molar refractivity (Wildman–Crippen MR) is 77.2 cm³/mol. The van der Waals surface area contributed by atoms with Crippen LogP contribution in [0.2, 0.25) is 0 Å². The fourth-order valence-corrected chi connectivity index (χ4v) is 4.96. The van der Waals surface area contributed by atoms with E-state index in [2.05, 4.69) is 0 Å². The summed E-state index contributed by atoms with van der Waals surface area (Å²) in [5.74, 6) is 2.45. The van der Waals surface area contributed by atoms with E-state index in [1.807, 2.05) is 23.5 Å². The summed E-state index contributed by atoms with van der Waals surface area (Å²) >= 11 is 3.97. The molecule has 108 valence electrons. The summed E-state index contributed by atoms with van der Waals surface area (Å²) < 4.78 is 11.3. The van der Waals surface area contributed by atoms with Gasteiger partial charge in [0.2, 0.25) is 0 Å². The molecule has 0 aromatic heterocycles. The van der Waals surface area contributed by atoms with Gasteiger partial charge in [-0.05, 0) is 24.3 Å². The molecule has 0 amide bonds. The number of hydrogen-bond donors (Lipinski definition) is 2. The zero-order valence-electron chi connectivity index (χ0n) is 11.1. The highest BCUT2D eigenvalue weighted by atomic mass is 32.2.